The van der Waals surface area contributed by atoms with Crippen LogP contribution in [0.15, 0.2) is 59.9 Å². The van der Waals surface area contributed by atoms with Gasteiger partial charge in [-0.3, -0.25) is 4.99 Å². The first kappa shape index (κ1) is 18.9. The minimum atomic E-state index is -0.294. The zero-order valence-electron chi connectivity index (χ0n) is 15.2. The van der Waals surface area contributed by atoms with Crippen molar-refractivity contribution in [1.82, 2.24) is 20.2 Å². The average molecular weight is 386 g/mol. The highest BCUT2D eigenvalue weighted by Crippen LogP contribution is 2.16. The van der Waals surface area contributed by atoms with Crippen molar-refractivity contribution in [3.05, 3.63) is 82.6 Å². The van der Waals surface area contributed by atoms with E-state index in [1.54, 1.807) is 30.1 Å². The van der Waals surface area contributed by atoms with Gasteiger partial charge in [-0.1, -0.05) is 29.8 Å². The lowest BCUT2D eigenvalue weighted by atomic mass is 10.2. The Morgan fingerprint density at radius 3 is 2.48 bits per heavy atom. The maximum absolute atomic E-state index is 14.5. The van der Waals surface area contributed by atoms with Crippen LogP contribution in [0.4, 0.5) is 4.39 Å². The van der Waals surface area contributed by atoms with E-state index in [9.17, 15) is 4.39 Å². The minimum Gasteiger partial charge on any atom is -0.352 e. The fourth-order valence-electron chi connectivity index (χ4n) is 2.73. The first-order valence-electron chi connectivity index (χ1n) is 8.54. The summed E-state index contributed by atoms with van der Waals surface area (Å²) in [5, 5.41) is 7.09. The molecule has 0 bridgehead atoms. The van der Waals surface area contributed by atoms with E-state index in [2.05, 4.69) is 20.6 Å². The highest BCUT2D eigenvalue weighted by Gasteiger charge is 2.08. The Kier molecular flexibility index (Phi) is 6.08. The Balaban J connectivity index is 1.60. The molecule has 0 aliphatic carbocycles. The molecular formula is C20H21ClFN5. The van der Waals surface area contributed by atoms with E-state index in [1.165, 1.54) is 6.07 Å². The van der Waals surface area contributed by atoms with E-state index >= 15 is 0 Å². The number of aliphatic imine (C=N–C) groups is 1. The molecule has 2 aromatic carbocycles. The topological polar surface area (TPSA) is 54.2 Å². The summed E-state index contributed by atoms with van der Waals surface area (Å²) in [5.41, 5.74) is 2.36. The van der Waals surface area contributed by atoms with E-state index < -0.39 is 0 Å². The summed E-state index contributed by atoms with van der Waals surface area (Å²) in [4.78, 5) is 8.32. The van der Waals surface area contributed by atoms with Crippen LogP contribution < -0.4 is 10.6 Å². The van der Waals surface area contributed by atoms with E-state index in [-0.39, 0.29) is 5.82 Å². The molecule has 0 saturated heterocycles. The van der Waals surface area contributed by atoms with Crippen molar-refractivity contribution in [3.63, 3.8) is 0 Å². The predicted octanol–water partition coefficient (Wildman–Crippen LogP) is 3.84. The highest BCUT2D eigenvalue weighted by atomic mass is 35.5. The van der Waals surface area contributed by atoms with Crippen LogP contribution in [0, 0.1) is 12.7 Å². The third kappa shape index (κ3) is 4.86. The molecule has 0 aliphatic heterocycles. The van der Waals surface area contributed by atoms with Crippen molar-refractivity contribution in [2.45, 2.75) is 20.0 Å². The number of nitrogens with one attached hydrogen (secondary N) is 2. The van der Waals surface area contributed by atoms with Crippen molar-refractivity contribution in [2.75, 3.05) is 7.05 Å². The molecule has 3 rings (SSSR count). The molecule has 0 fully saturated rings. The van der Waals surface area contributed by atoms with Crippen molar-refractivity contribution in [3.8, 4) is 5.69 Å². The second-order valence-electron chi connectivity index (χ2n) is 6.04. The molecule has 140 valence electrons. The zero-order chi connectivity index (χ0) is 19.2. The highest BCUT2D eigenvalue weighted by molar-refractivity contribution is 6.30. The van der Waals surface area contributed by atoms with Gasteiger partial charge in [-0.2, -0.15) is 0 Å². The molecule has 0 saturated carbocycles. The number of hydrogen-bond acceptors (Lipinski definition) is 2. The first-order valence-corrected chi connectivity index (χ1v) is 8.92. The van der Waals surface area contributed by atoms with Crippen LogP contribution in [0.3, 0.4) is 0 Å². The van der Waals surface area contributed by atoms with Crippen molar-refractivity contribution >= 4 is 17.6 Å². The monoisotopic (exact) mass is 385 g/mol. The summed E-state index contributed by atoms with van der Waals surface area (Å²) < 4.78 is 16.2. The summed E-state index contributed by atoms with van der Waals surface area (Å²) in [5.74, 6) is 1.08. The van der Waals surface area contributed by atoms with Crippen LogP contribution in [-0.4, -0.2) is 22.6 Å². The Morgan fingerprint density at radius 2 is 1.89 bits per heavy atom. The minimum absolute atomic E-state index is 0.294. The quantitative estimate of drug-likeness (QED) is 0.518. The van der Waals surface area contributed by atoms with E-state index in [1.807, 2.05) is 37.3 Å². The smallest absolute Gasteiger partial charge is 0.191 e. The van der Waals surface area contributed by atoms with Gasteiger partial charge < -0.3 is 15.2 Å². The third-order valence-corrected chi connectivity index (χ3v) is 4.37. The number of aryl methyl sites for hydroxylation is 1. The molecule has 5 nitrogen and oxygen atoms in total. The lowest BCUT2D eigenvalue weighted by Crippen LogP contribution is -2.36. The van der Waals surface area contributed by atoms with Crippen LogP contribution in [0.25, 0.3) is 5.69 Å². The zero-order valence-corrected chi connectivity index (χ0v) is 16.0. The Hall–Kier alpha value is -2.86. The van der Waals surface area contributed by atoms with Gasteiger partial charge >= 0.3 is 0 Å². The van der Waals surface area contributed by atoms with E-state index in [4.69, 9.17) is 11.6 Å². The van der Waals surface area contributed by atoms with E-state index in [0.29, 0.717) is 29.8 Å². The number of hydrogen-bond donors (Lipinski definition) is 2. The standard InChI is InChI=1S/C20H21ClFN5/c1-14-24-8-9-27(14)19-7-6-16(11-18(19)22)13-26-20(23-2)25-12-15-4-3-5-17(21)10-15/h3-11H,12-13H2,1-2H3,(H2,23,25,26). The van der Waals surface area contributed by atoms with Gasteiger partial charge in [-0.05, 0) is 42.3 Å². The molecule has 1 aromatic heterocycles. The lowest BCUT2D eigenvalue weighted by molar-refractivity contribution is 0.613. The Bertz CT molecular complexity index is 951. The molecule has 27 heavy (non-hydrogen) atoms. The van der Waals surface area contributed by atoms with Gasteiger partial charge in [0, 0.05) is 37.6 Å². The molecular weight excluding hydrogens is 365 g/mol. The normalized spacial score (nSPS) is 11.5. The van der Waals surface area contributed by atoms with Crippen LogP contribution >= 0.6 is 11.6 Å². The number of benzene rings is 2. The van der Waals surface area contributed by atoms with Gasteiger partial charge in [-0.25, -0.2) is 9.37 Å². The van der Waals surface area contributed by atoms with E-state index in [0.717, 1.165) is 17.0 Å². The fourth-order valence-corrected chi connectivity index (χ4v) is 2.94. The second-order valence-corrected chi connectivity index (χ2v) is 6.48. The number of aromatic nitrogens is 2. The van der Waals surface area contributed by atoms with Crippen LogP contribution in [-0.2, 0) is 13.1 Å². The Morgan fingerprint density at radius 1 is 1.15 bits per heavy atom. The summed E-state index contributed by atoms with van der Waals surface area (Å²) in [6.07, 6.45) is 3.40. The number of guanidine groups is 1. The van der Waals surface area contributed by atoms with Gasteiger partial charge in [-0.15, -0.1) is 0 Å². The molecule has 7 heteroatoms. The molecule has 2 N–H and O–H groups in total. The Labute approximate surface area is 162 Å². The predicted molar refractivity (Wildman–Crippen MR) is 107 cm³/mol. The molecule has 0 unspecified atom stereocenters. The summed E-state index contributed by atoms with van der Waals surface area (Å²) >= 11 is 5.99. The SMILES string of the molecule is CN=C(NCc1cccc(Cl)c1)NCc1ccc(-n2ccnc2C)c(F)c1. The molecule has 3 aromatic rings. The largest absolute Gasteiger partial charge is 0.352 e. The van der Waals surface area contributed by atoms with Crippen molar-refractivity contribution in [2.24, 2.45) is 4.99 Å². The van der Waals surface area contributed by atoms with Gasteiger partial charge in [0.1, 0.15) is 11.6 Å². The summed E-state index contributed by atoms with van der Waals surface area (Å²) in [6, 6.07) is 12.8. The van der Waals surface area contributed by atoms with Crippen LogP contribution in [0.1, 0.15) is 17.0 Å². The van der Waals surface area contributed by atoms with Gasteiger partial charge in [0.15, 0.2) is 5.96 Å². The number of nitrogens with zero attached hydrogens (tertiary/aromatic N) is 3. The van der Waals surface area contributed by atoms with Crippen LogP contribution in [0.5, 0.6) is 0 Å². The molecule has 0 amide bonds. The number of halogens is 2. The van der Waals surface area contributed by atoms with Crippen molar-refractivity contribution in [1.29, 1.82) is 0 Å². The average Bonchev–Trinajstić information content (AvgIpc) is 3.08. The maximum Gasteiger partial charge on any atom is 0.191 e. The van der Waals surface area contributed by atoms with Gasteiger partial charge in [0.25, 0.3) is 0 Å². The molecule has 0 aliphatic rings. The third-order valence-electron chi connectivity index (χ3n) is 4.13. The molecule has 1 heterocycles. The first-order chi connectivity index (χ1) is 13.1. The molecule has 0 spiro atoms. The van der Waals surface area contributed by atoms with Gasteiger partial charge in [0.2, 0.25) is 0 Å². The maximum atomic E-state index is 14.5. The fraction of sp³-hybridized carbons (Fsp3) is 0.200. The summed E-state index contributed by atoms with van der Waals surface area (Å²) in [7, 11) is 1.69. The number of rotatable bonds is 5. The molecule has 0 radical (unpaired) electrons. The lowest BCUT2D eigenvalue weighted by Gasteiger charge is -2.13. The summed E-state index contributed by atoms with van der Waals surface area (Å²) in [6.45, 7) is 2.88. The van der Waals surface area contributed by atoms with Crippen molar-refractivity contribution < 1.29 is 4.39 Å². The molecule has 0 atom stereocenters. The number of imidazole rings is 1. The van der Waals surface area contributed by atoms with Crippen LogP contribution in [0.2, 0.25) is 5.02 Å². The van der Waals surface area contributed by atoms with Gasteiger partial charge in [0.05, 0.1) is 5.69 Å². The second kappa shape index (κ2) is 8.68.